The number of hydrogen-bond acceptors (Lipinski definition) is 4. The van der Waals surface area contributed by atoms with Crippen molar-refractivity contribution >= 4 is 97.9 Å². The lowest BCUT2D eigenvalue weighted by atomic mass is 10.0. The van der Waals surface area contributed by atoms with Gasteiger partial charge in [0.05, 0.1) is 27.8 Å². The van der Waals surface area contributed by atoms with Gasteiger partial charge in [0.15, 0.2) is 23.1 Å². The summed E-state index contributed by atoms with van der Waals surface area (Å²) in [4.78, 5) is 16.0. The molecular formula is C63H37N5O. The average Bonchev–Trinajstić information content (AvgIpc) is 4.05. The van der Waals surface area contributed by atoms with Crippen molar-refractivity contribution in [3.05, 3.63) is 224 Å². The number of rotatable bonds is 5. The maximum atomic E-state index is 7.10. The SMILES string of the molecule is c1ccc(-c2nc(-c3cc(-n4c5cc6ccccc6cc5c5cc6ccccc6cc54)c4oc5cc6ccccc6cc5c4c3)nc(-c3ccc4c(c3)c3ccccc3n4-c3ccccc3)n2)cc1. The van der Waals surface area contributed by atoms with Crippen LogP contribution in [0.4, 0.5) is 0 Å². The second-order valence-corrected chi connectivity index (χ2v) is 18.0. The summed E-state index contributed by atoms with van der Waals surface area (Å²) in [7, 11) is 0. The van der Waals surface area contributed by atoms with Gasteiger partial charge in [-0.3, -0.25) is 0 Å². The lowest BCUT2D eigenvalue weighted by Gasteiger charge is -2.13. The van der Waals surface area contributed by atoms with Crippen molar-refractivity contribution in [1.82, 2.24) is 24.1 Å². The first kappa shape index (κ1) is 37.8. The lowest BCUT2D eigenvalue weighted by molar-refractivity contribution is 0.667. The van der Waals surface area contributed by atoms with Crippen LogP contribution in [0.3, 0.4) is 0 Å². The minimum absolute atomic E-state index is 0.570. The first-order valence-electron chi connectivity index (χ1n) is 23.3. The van der Waals surface area contributed by atoms with Crippen LogP contribution in [0, 0.1) is 0 Å². The minimum Gasteiger partial charge on any atom is -0.454 e. The zero-order chi connectivity index (χ0) is 45.2. The Morgan fingerprint density at radius 2 is 0.768 bits per heavy atom. The molecule has 0 atom stereocenters. The van der Waals surface area contributed by atoms with E-state index in [0.717, 1.165) is 93.6 Å². The molecule has 6 nitrogen and oxygen atoms in total. The van der Waals surface area contributed by atoms with E-state index in [0.29, 0.717) is 17.5 Å². The molecule has 15 aromatic rings. The van der Waals surface area contributed by atoms with E-state index in [4.69, 9.17) is 19.4 Å². The van der Waals surface area contributed by atoms with Crippen molar-refractivity contribution in [3.8, 4) is 45.5 Å². The van der Waals surface area contributed by atoms with Gasteiger partial charge in [0.25, 0.3) is 0 Å². The Hall–Kier alpha value is -9.39. The van der Waals surface area contributed by atoms with E-state index < -0.39 is 0 Å². The molecule has 320 valence electrons. The quantitative estimate of drug-likeness (QED) is 0.173. The average molecular weight is 880 g/mol. The molecule has 0 N–H and O–H groups in total. The van der Waals surface area contributed by atoms with Gasteiger partial charge < -0.3 is 13.6 Å². The van der Waals surface area contributed by atoms with Crippen LogP contribution in [0.1, 0.15) is 0 Å². The highest BCUT2D eigenvalue weighted by molar-refractivity contribution is 6.19. The van der Waals surface area contributed by atoms with Crippen LogP contribution in [0.15, 0.2) is 229 Å². The highest BCUT2D eigenvalue weighted by Gasteiger charge is 2.23. The van der Waals surface area contributed by atoms with Gasteiger partial charge in [-0.1, -0.05) is 140 Å². The summed E-state index contributed by atoms with van der Waals surface area (Å²) in [6.45, 7) is 0. The highest BCUT2D eigenvalue weighted by atomic mass is 16.3. The summed E-state index contributed by atoms with van der Waals surface area (Å²) in [6.07, 6.45) is 0. The van der Waals surface area contributed by atoms with E-state index in [1.165, 1.54) is 32.3 Å². The Balaban J connectivity index is 1.03. The van der Waals surface area contributed by atoms with Crippen LogP contribution in [-0.4, -0.2) is 24.1 Å². The summed E-state index contributed by atoms with van der Waals surface area (Å²) in [5.41, 5.74) is 10.7. The largest absolute Gasteiger partial charge is 0.454 e. The third-order valence-corrected chi connectivity index (χ3v) is 14.0. The fourth-order valence-electron chi connectivity index (χ4n) is 10.8. The Kier molecular flexibility index (Phi) is 7.97. The van der Waals surface area contributed by atoms with Crippen molar-refractivity contribution in [1.29, 1.82) is 0 Å². The number of furan rings is 1. The molecule has 6 heteroatoms. The molecule has 0 saturated heterocycles. The molecule has 0 bridgehead atoms. The van der Waals surface area contributed by atoms with Gasteiger partial charge in [0.1, 0.15) is 5.58 Å². The third-order valence-electron chi connectivity index (χ3n) is 14.0. The predicted molar refractivity (Wildman–Crippen MR) is 285 cm³/mol. The maximum Gasteiger partial charge on any atom is 0.164 e. The number of aromatic nitrogens is 5. The predicted octanol–water partition coefficient (Wildman–Crippen LogP) is 16.4. The van der Waals surface area contributed by atoms with Crippen molar-refractivity contribution in [2.75, 3.05) is 0 Å². The topological polar surface area (TPSA) is 61.7 Å². The van der Waals surface area contributed by atoms with Crippen LogP contribution in [-0.2, 0) is 0 Å². The minimum atomic E-state index is 0.570. The van der Waals surface area contributed by atoms with Gasteiger partial charge in [-0.2, -0.15) is 0 Å². The van der Waals surface area contributed by atoms with Crippen LogP contribution in [0.25, 0.3) is 143 Å². The van der Waals surface area contributed by atoms with Crippen LogP contribution >= 0.6 is 0 Å². The molecule has 4 heterocycles. The van der Waals surface area contributed by atoms with Crippen molar-refractivity contribution in [3.63, 3.8) is 0 Å². The van der Waals surface area contributed by atoms with E-state index in [1.807, 2.05) is 18.2 Å². The first-order chi connectivity index (χ1) is 34.2. The third kappa shape index (κ3) is 5.82. The maximum absolute atomic E-state index is 7.10. The van der Waals surface area contributed by atoms with Gasteiger partial charge in [0, 0.05) is 54.7 Å². The van der Waals surface area contributed by atoms with Gasteiger partial charge >= 0.3 is 0 Å². The van der Waals surface area contributed by atoms with Crippen molar-refractivity contribution < 1.29 is 4.42 Å². The summed E-state index contributed by atoms with van der Waals surface area (Å²) in [5.74, 6) is 1.76. The van der Waals surface area contributed by atoms with Crippen molar-refractivity contribution in [2.45, 2.75) is 0 Å². The molecule has 0 aliphatic carbocycles. The summed E-state index contributed by atoms with van der Waals surface area (Å²) >= 11 is 0. The molecule has 0 radical (unpaired) electrons. The molecule has 15 rings (SSSR count). The second kappa shape index (κ2) is 14.6. The fraction of sp³-hybridized carbons (Fsp3) is 0. The normalized spacial score (nSPS) is 12.1. The molecule has 0 saturated carbocycles. The molecule has 0 spiro atoms. The molecule has 11 aromatic carbocycles. The Labute approximate surface area is 394 Å². The van der Waals surface area contributed by atoms with Crippen LogP contribution < -0.4 is 0 Å². The Morgan fingerprint density at radius 3 is 1.42 bits per heavy atom. The summed E-state index contributed by atoms with van der Waals surface area (Å²) in [6, 6.07) is 79.8. The second-order valence-electron chi connectivity index (χ2n) is 18.0. The van der Waals surface area contributed by atoms with E-state index in [-0.39, 0.29) is 0 Å². The number of fused-ring (bicyclic) bond motifs is 12. The van der Waals surface area contributed by atoms with Gasteiger partial charge in [-0.25, -0.2) is 15.0 Å². The van der Waals surface area contributed by atoms with E-state index in [9.17, 15) is 0 Å². The Bertz CT molecular complexity index is 4510. The molecule has 0 unspecified atom stereocenters. The van der Waals surface area contributed by atoms with E-state index in [1.54, 1.807) is 0 Å². The molecule has 0 aliphatic rings. The zero-order valence-electron chi connectivity index (χ0n) is 37.0. The smallest absolute Gasteiger partial charge is 0.164 e. The van der Waals surface area contributed by atoms with Crippen molar-refractivity contribution in [2.24, 2.45) is 0 Å². The molecule has 4 aromatic heterocycles. The summed E-state index contributed by atoms with van der Waals surface area (Å²) in [5, 5.41) is 13.6. The fourth-order valence-corrected chi connectivity index (χ4v) is 10.8. The highest BCUT2D eigenvalue weighted by Crippen LogP contribution is 2.44. The van der Waals surface area contributed by atoms with E-state index in [2.05, 4.69) is 215 Å². The van der Waals surface area contributed by atoms with Crippen LogP contribution in [0.2, 0.25) is 0 Å². The molecule has 0 aliphatic heterocycles. The summed E-state index contributed by atoms with van der Waals surface area (Å²) < 4.78 is 11.8. The molecule has 0 fully saturated rings. The number of benzene rings is 11. The molecular weight excluding hydrogens is 843 g/mol. The van der Waals surface area contributed by atoms with Gasteiger partial charge in [-0.15, -0.1) is 0 Å². The first-order valence-corrected chi connectivity index (χ1v) is 23.3. The zero-order valence-corrected chi connectivity index (χ0v) is 37.0. The standard InChI is InChI=1S/C63H37N5O/c1-3-15-38(16-4-1)61-64-62(45-27-28-55-49(32-45)48-25-13-14-26-54(48)67(55)47-23-5-2-6-24-47)66-63(65-61)46-33-53-52-31-41-19-9-12-22-44(41)37-59(52)69-60(53)58(36-46)68-56-34-42-20-10-7-17-39(42)29-50(56)51-30-40-18-8-11-21-43(40)35-57(51)68/h1-37H. The van der Waals surface area contributed by atoms with Gasteiger partial charge in [-0.05, 0) is 117 Å². The Morgan fingerprint density at radius 1 is 0.290 bits per heavy atom. The monoisotopic (exact) mass is 879 g/mol. The number of para-hydroxylation sites is 2. The van der Waals surface area contributed by atoms with E-state index >= 15 is 0 Å². The van der Waals surface area contributed by atoms with Gasteiger partial charge in [0.2, 0.25) is 0 Å². The number of nitrogens with zero attached hydrogens (tertiary/aromatic N) is 5. The number of hydrogen-bond donors (Lipinski definition) is 0. The van der Waals surface area contributed by atoms with Crippen LogP contribution in [0.5, 0.6) is 0 Å². The molecule has 0 amide bonds. The molecule has 69 heavy (non-hydrogen) atoms. The lowest BCUT2D eigenvalue weighted by Crippen LogP contribution is -2.01.